The number of alkyl halides is 13. The van der Waals surface area contributed by atoms with Gasteiger partial charge in [0.05, 0.1) is 0 Å². The van der Waals surface area contributed by atoms with E-state index in [1.807, 2.05) is 0 Å². The van der Waals surface area contributed by atoms with Gasteiger partial charge < -0.3 is 9.47 Å². The van der Waals surface area contributed by atoms with Crippen LogP contribution in [0.1, 0.15) is 0 Å². The van der Waals surface area contributed by atoms with E-state index >= 15 is 0 Å². The predicted octanol–water partition coefficient (Wildman–Crippen LogP) is 4.09. The van der Waals surface area contributed by atoms with Crippen LogP contribution in [0.4, 0.5) is 57.1 Å². The Kier molecular flexibility index (Phi) is 4.98. The van der Waals surface area contributed by atoms with Gasteiger partial charge in [-0.05, 0) is 0 Å². The van der Waals surface area contributed by atoms with Crippen LogP contribution >= 0.6 is 0 Å². The fourth-order valence-corrected chi connectivity index (χ4v) is 1.54. The summed E-state index contributed by atoms with van der Waals surface area (Å²) >= 11 is 0. The zero-order valence-corrected chi connectivity index (χ0v) is 11.1. The van der Waals surface area contributed by atoms with Crippen molar-refractivity contribution in [2.45, 2.75) is 36.1 Å². The minimum absolute atomic E-state index is 1.55. The molecule has 1 rings (SSSR count). The molecule has 0 spiro atoms. The summed E-state index contributed by atoms with van der Waals surface area (Å²) in [5.41, 5.74) is -5.79. The van der Waals surface area contributed by atoms with Crippen LogP contribution < -0.4 is 0 Å². The van der Waals surface area contributed by atoms with Gasteiger partial charge in [-0.1, -0.05) is 0 Å². The molecule has 0 aromatic heterocycles. The second-order valence-electron chi connectivity index (χ2n) is 4.52. The van der Waals surface area contributed by atoms with E-state index in [9.17, 15) is 57.1 Å². The number of halogens is 13. The van der Waals surface area contributed by atoms with Crippen molar-refractivity contribution in [3.63, 3.8) is 0 Å². The van der Waals surface area contributed by atoms with Crippen LogP contribution in [-0.2, 0) is 9.47 Å². The fourth-order valence-electron chi connectivity index (χ4n) is 1.54. The smallest absolute Gasteiger partial charge is 0.445 e. The third-order valence-corrected chi connectivity index (χ3v) is 2.55. The average molecular weight is 405 g/mol. The van der Waals surface area contributed by atoms with Crippen molar-refractivity contribution in [1.29, 1.82) is 0 Å². The molecule has 1 aliphatic rings. The maximum Gasteiger partial charge on any atom is 0.445 e. The molecular weight excluding hydrogens is 401 g/mol. The number of rotatable bonds is 3. The molecule has 3 nitrogen and oxygen atoms in total. The quantitative estimate of drug-likeness (QED) is 0.663. The number of nitrogens with zero attached hydrogens (tertiary/aromatic N) is 1. The molecule has 0 aromatic carbocycles. The monoisotopic (exact) mass is 405 g/mol. The first kappa shape index (κ1) is 21.6. The van der Waals surface area contributed by atoms with Crippen LogP contribution in [0, 0.1) is 0 Å². The lowest BCUT2D eigenvalue weighted by Gasteiger charge is -2.35. The van der Waals surface area contributed by atoms with E-state index in [-0.39, 0.29) is 0 Å². The summed E-state index contributed by atoms with van der Waals surface area (Å²) in [6, 6.07) is 0. The molecule has 148 valence electrons. The van der Waals surface area contributed by atoms with Crippen molar-refractivity contribution in [3.8, 4) is 0 Å². The molecule has 0 aromatic rings. The highest BCUT2D eigenvalue weighted by molar-refractivity contribution is 5.88. The van der Waals surface area contributed by atoms with Crippen LogP contribution in [0.3, 0.4) is 0 Å². The summed E-state index contributed by atoms with van der Waals surface area (Å²) < 4.78 is 170. The van der Waals surface area contributed by atoms with E-state index in [1.54, 1.807) is 4.99 Å². The summed E-state index contributed by atoms with van der Waals surface area (Å²) in [6.45, 7) is -5.83. The maximum atomic E-state index is 13.5. The predicted molar refractivity (Wildman–Crippen MR) is 50.1 cm³/mol. The van der Waals surface area contributed by atoms with E-state index in [0.29, 0.717) is 0 Å². The third kappa shape index (κ3) is 3.87. The van der Waals surface area contributed by atoms with Crippen LogP contribution in [-0.4, -0.2) is 55.2 Å². The topological polar surface area (TPSA) is 30.8 Å². The van der Waals surface area contributed by atoms with E-state index in [0.717, 1.165) is 0 Å². The van der Waals surface area contributed by atoms with Gasteiger partial charge in [0.15, 0.2) is 6.61 Å². The molecule has 0 amide bonds. The molecule has 1 aliphatic heterocycles. The number of ether oxygens (including phenoxy) is 2. The highest BCUT2D eigenvalue weighted by Gasteiger charge is 2.87. The van der Waals surface area contributed by atoms with Crippen LogP contribution in [0.2, 0.25) is 0 Å². The van der Waals surface area contributed by atoms with Crippen molar-refractivity contribution in [3.05, 3.63) is 0 Å². The van der Waals surface area contributed by atoms with E-state index < -0.39 is 55.2 Å². The zero-order valence-electron chi connectivity index (χ0n) is 11.1. The van der Waals surface area contributed by atoms with Gasteiger partial charge in [-0.15, -0.1) is 0 Å². The minimum atomic E-state index is -6.66. The number of aliphatic imine (C=N–C) groups is 1. The molecule has 0 fully saturated rings. The normalized spacial score (nSPS) is 26.5. The van der Waals surface area contributed by atoms with E-state index in [4.69, 9.17) is 0 Å². The van der Waals surface area contributed by atoms with Crippen molar-refractivity contribution in [2.75, 3.05) is 13.2 Å². The number of hydrogen-bond acceptors (Lipinski definition) is 3. The van der Waals surface area contributed by atoms with Gasteiger partial charge in [-0.3, -0.25) is 0 Å². The van der Waals surface area contributed by atoms with Crippen LogP contribution in [0.15, 0.2) is 4.99 Å². The summed E-state index contributed by atoms with van der Waals surface area (Å²) in [4.78, 5) is 1.55. The first-order chi connectivity index (χ1) is 10.8. The van der Waals surface area contributed by atoms with Crippen molar-refractivity contribution in [1.82, 2.24) is 0 Å². The first-order valence-corrected chi connectivity index (χ1v) is 5.60. The number of hydrogen-bond donors (Lipinski definition) is 0. The Morgan fingerprint density at radius 3 is 1.56 bits per heavy atom. The van der Waals surface area contributed by atoms with Gasteiger partial charge in [0, 0.05) is 0 Å². The van der Waals surface area contributed by atoms with Crippen LogP contribution in [0.25, 0.3) is 0 Å². The molecule has 0 bridgehead atoms. The Morgan fingerprint density at radius 1 is 0.760 bits per heavy atom. The van der Waals surface area contributed by atoms with Crippen LogP contribution in [0.5, 0.6) is 0 Å². The van der Waals surface area contributed by atoms with Gasteiger partial charge in [0.2, 0.25) is 0 Å². The minimum Gasteiger partial charge on any atom is -0.467 e. The molecule has 0 N–H and O–H groups in total. The lowest BCUT2D eigenvalue weighted by atomic mass is 10.0. The molecule has 0 aliphatic carbocycles. The fraction of sp³-hybridized carbons (Fsp3) is 0.889. The molecule has 1 unspecified atom stereocenters. The molecule has 25 heavy (non-hydrogen) atoms. The van der Waals surface area contributed by atoms with Gasteiger partial charge in [0.1, 0.15) is 6.61 Å². The van der Waals surface area contributed by atoms with Gasteiger partial charge >= 0.3 is 36.1 Å². The highest BCUT2D eigenvalue weighted by Crippen LogP contribution is 2.57. The van der Waals surface area contributed by atoms with Gasteiger partial charge in [-0.2, -0.15) is 62.1 Å². The Balaban J connectivity index is 3.40. The maximum absolute atomic E-state index is 13.5. The Labute approximate surface area is 128 Å². The van der Waals surface area contributed by atoms with Crippen molar-refractivity contribution < 1.29 is 66.5 Å². The highest BCUT2D eigenvalue weighted by atomic mass is 19.4. The standard InChI is InChI=1S/C9H4F13NO2/c10-4(11,12)1-24-3-6(16,17)7(18,19)8(23-3,9(20,21)22)25-2-5(13,14)15/h1-2H2. The van der Waals surface area contributed by atoms with E-state index in [1.165, 1.54) is 0 Å². The average Bonchev–Trinajstić information content (AvgIpc) is 2.48. The second-order valence-corrected chi connectivity index (χ2v) is 4.52. The largest absolute Gasteiger partial charge is 0.467 e. The molecule has 16 heteroatoms. The summed E-state index contributed by atoms with van der Waals surface area (Å²) in [6.07, 6.45) is -17.8. The summed E-state index contributed by atoms with van der Waals surface area (Å²) in [7, 11) is 0. The molecule has 0 radical (unpaired) electrons. The van der Waals surface area contributed by atoms with Gasteiger partial charge in [-0.25, -0.2) is 0 Å². The Morgan fingerprint density at radius 2 is 1.20 bits per heavy atom. The lowest BCUT2D eigenvalue weighted by Crippen LogP contribution is -2.63. The van der Waals surface area contributed by atoms with Crippen molar-refractivity contribution >= 4 is 5.90 Å². The zero-order chi connectivity index (χ0) is 20.1. The summed E-state index contributed by atoms with van der Waals surface area (Å²) in [5, 5.41) is 0. The molecular formula is C9H4F13NO2. The summed E-state index contributed by atoms with van der Waals surface area (Å²) in [5.74, 6) is -15.7. The van der Waals surface area contributed by atoms with Gasteiger partial charge in [0.25, 0.3) is 5.90 Å². The molecule has 1 atom stereocenters. The SMILES string of the molecule is FC(F)(F)COC1=NC(OCC(F)(F)F)(C(F)(F)F)C(F)(F)C1(F)F. The van der Waals surface area contributed by atoms with E-state index in [2.05, 4.69) is 9.47 Å². The second kappa shape index (κ2) is 5.77. The Hall–Kier alpha value is -1.48. The van der Waals surface area contributed by atoms with Crippen molar-refractivity contribution in [2.24, 2.45) is 4.99 Å². The third-order valence-electron chi connectivity index (χ3n) is 2.55. The lowest BCUT2D eigenvalue weighted by molar-refractivity contribution is -0.377. The first-order valence-electron chi connectivity index (χ1n) is 5.60. The molecule has 0 saturated carbocycles. The molecule has 0 saturated heterocycles. The molecule has 1 heterocycles. The Bertz CT molecular complexity index is 531.